The average Bonchev–Trinajstić information content (AvgIpc) is 2.74. The van der Waals surface area contributed by atoms with Crippen LogP contribution in [0.1, 0.15) is 63.6 Å². The number of alkyl halides is 3. The predicted octanol–water partition coefficient (Wildman–Crippen LogP) is 4.48. The van der Waals surface area contributed by atoms with Gasteiger partial charge in [0.2, 0.25) is 5.82 Å². The van der Waals surface area contributed by atoms with E-state index < -0.39 is 12.0 Å². The van der Waals surface area contributed by atoms with Gasteiger partial charge in [-0.1, -0.05) is 19.3 Å². The van der Waals surface area contributed by atoms with Gasteiger partial charge in [-0.05, 0) is 62.9 Å². The maximum Gasteiger partial charge on any atom is 0.451 e. The van der Waals surface area contributed by atoms with Crippen LogP contribution in [0.15, 0.2) is 6.07 Å². The lowest BCUT2D eigenvalue weighted by molar-refractivity contribution is -0.144. The molecule has 5 nitrogen and oxygen atoms in total. The Morgan fingerprint density at radius 1 is 1.13 bits per heavy atom. The SMILES string of the molecule is CN(CC1CCCNC1)c1cc(N2CCCC3(CCCCC3)C2)nc(C(F)(F)F)n1. The standard InChI is InChI=1S/C22H34F3N5/c1-29(15-17-7-5-11-26-14-17)18-13-19(28-20(27-18)22(23,24)25)30-12-6-10-21(16-30)8-3-2-4-9-21/h13,17,26H,2-12,14-16H2,1H3. The zero-order chi connectivity index (χ0) is 21.2. The van der Waals surface area contributed by atoms with Crippen LogP contribution in [-0.2, 0) is 6.18 Å². The zero-order valence-corrected chi connectivity index (χ0v) is 18.0. The number of hydrogen-bond acceptors (Lipinski definition) is 5. The van der Waals surface area contributed by atoms with E-state index in [1.54, 1.807) is 6.07 Å². The zero-order valence-electron chi connectivity index (χ0n) is 18.0. The van der Waals surface area contributed by atoms with Gasteiger partial charge in [-0.15, -0.1) is 0 Å². The van der Waals surface area contributed by atoms with Gasteiger partial charge in [0.25, 0.3) is 0 Å². The Hall–Kier alpha value is -1.57. The highest BCUT2D eigenvalue weighted by Gasteiger charge is 2.39. The molecule has 1 aromatic rings. The highest BCUT2D eigenvalue weighted by molar-refractivity contribution is 5.51. The second-order valence-electron chi connectivity index (χ2n) is 9.58. The molecule has 1 aromatic heterocycles. The Balaban J connectivity index is 1.58. The van der Waals surface area contributed by atoms with Crippen molar-refractivity contribution < 1.29 is 13.2 Å². The first-order valence-electron chi connectivity index (χ1n) is 11.5. The van der Waals surface area contributed by atoms with Gasteiger partial charge in [0.05, 0.1) is 0 Å². The molecule has 1 aliphatic carbocycles. The van der Waals surface area contributed by atoms with Gasteiger partial charge in [-0.25, -0.2) is 9.97 Å². The smallest absolute Gasteiger partial charge is 0.359 e. The summed E-state index contributed by atoms with van der Waals surface area (Å²) >= 11 is 0. The summed E-state index contributed by atoms with van der Waals surface area (Å²) in [4.78, 5) is 11.9. The molecular weight excluding hydrogens is 391 g/mol. The van der Waals surface area contributed by atoms with Crippen molar-refractivity contribution in [3.05, 3.63) is 11.9 Å². The first-order chi connectivity index (χ1) is 14.3. The molecule has 3 heterocycles. The Morgan fingerprint density at radius 3 is 2.60 bits per heavy atom. The van der Waals surface area contributed by atoms with Crippen LogP contribution >= 0.6 is 0 Å². The third kappa shape index (κ3) is 5.01. The van der Waals surface area contributed by atoms with E-state index in [1.807, 2.05) is 11.9 Å². The lowest BCUT2D eigenvalue weighted by atomic mass is 9.69. The molecule has 1 unspecified atom stereocenters. The van der Waals surface area contributed by atoms with E-state index in [1.165, 1.54) is 38.5 Å². The van der Waals surface area contributed by atoms with Crippen molar-refractivity contribution in [2.45, 2.75) is 64.0 Å². The maximum absolute atomic E-state index is 13.6. The first kappa shape index (κ1) is 21.7. The van der Waals surface area contributed by atoms with E-state index >= 15 is 0 Å². The summed E-state index contributed by atoms with van der Waals surface area (Å²) in [7, 11) is 1.85. The van der Waals surface area contributed by atoms with Crippen molar-refractivity contribution in [3.63, 3.8) is 0 Å². The van der Waals surface area contributed by atoms with Crippen molar-refractivity contribution in [3.8, 4) is 0 Å². The van der Waals surface area contributed by atoms with Gasteiger partial charge in [0, 0.05) is 32.7 Å². The third-order valence-corrected chi connectivity index (χ3v) is 7.17. The minimum absolute atomic E-state index is 0.250. The topological polar surface area (TPSA) is 44.3 Å². The Kier molecular flexibility index (Phi) is 6.42. The Bertz CT molecular complexity index is 706. The molecule has 1 saturated carbocycles. The lowest BCUT2D eigenvalue weighted by Gasteiger charge is -2.46. The molecule has 2 saturated heterocycles. The molecular formula is C22H34F3N5. The lowest BCUT2D eigenvalue weighted by Crippen LogP contribution is -2.45. The monoisotopic (exact) mass is 425 g/mol. The highest BCUT2D eigenvalue weighted by atomic mass is 19.4. The van der Waals surface area contributed by atoms with E-state index in [4.69, 9.17) is 0 Å². The van der Waals surface area contributed by atoms with Crippen LogP contribution in [0.4, 0.5) is 24.8 Å². The van der Waals surface area contributed by atoms with E-state index in [-0.39, 0.29) is 5.41 Å². The molecule has 3 aliphatic rings. The summed E-state index contributed by atoms with van der Waals surface area (Å²) in [6.45, 7) is 4.21. The van der Waals surface area contributed by atoms with Crippen LogP contribution in [0.3, 0.4) is 0 Å². The summed E-state index contributed by atoms with van der Waals surface area (Å²) < 4.78 is 40.8. The molecule has 3 fully saturated rings. The first-order valence-corrected chi connectivity index (χ1v) is 11.5. The number of halogens is 3. The average molecular weight is 426 g/mol. The number of anilines is 2. The molecule has 2 aliphatic heterocycles. The number of aromatic nitrogens is 2. The molecule has 30 heavy (non-hydrogen) atoms. The molecule has 1 N–H and O–H groups in total. The number of nitrogens with zero attached hydrogens (tertiary/aromatic N) is 4. The third-order valence-electron chi connectivity index (χ3n) is 7.17. The molecule has 1 atom stereocenters. The van der Waals surface area contributed by atoms with Crippen molar-refractivity contribution in [1.82, 2.24) is 15.3 Å². The van der Waals surface area contributed by atoms with E-state index in [9.17, 15) is 13.2 Å². The normalized spacial score (nSPS) is 24.8. The fourth-order valence-corrected chi connectivity index (χ4v) is 5.58. The van der Waals surface area contributed by atoms with E-state index in [0.717, 1.165) is 45.4 Å². The van der Waals surface area contributed by atoms with Crippen LogP contribution in [-0.4, -0.2) is 49.7 Å². The van der Waals surface area contributed by atoms with Crippen LogP contribution in [0.5, 0.6) is 0 Å². The number of nitrogens with one attached hydrogen (secondary N) is 1. The molecule has 4 rings (SSSR count). The van der Waals surface area contributed by atoms with E-state index in [0.29, 0.717) is 24.1 Å². The largest absolute Gasteiger partial charge is 0.451 e. The molecule has 0 amide bonds. The van der Waals surface area contributed by atoms with Crippen LogP contribution in [0, 0.1) is 11.3 Å². The van der Waals surface area contributed by atoms with Gasteiger partial charge >= 0.3 is 6.18 Å². The fraction of sp³-hybridized carbons (Fsp3) is 0.818. The van der Waals surface area contributed by atoms with Gasteiger partial charge < -0.3 is 15.1 Å². The summed E-state index contributed by atoms with van der Waals surface area (Å²) in [5.74, 6) is 0.218. The van der Waals surface area contributed by atoms with Crippen molar-refractivity contribution in [2.75, 3.05) is 49.6 Å². The number of hydrogen-bond donors (Lipinski definition) is 1. The molecule has 0 aromatic carbocycles. The minimum Gasteiger partial charge on any atom is -0.359 e. The van der Waals surface area contributed by atoms with Crippen LogP contribution in [0.2, 0.25) is 0 Å². The van der Waals surface area contributed by atoms with Crippen molar-refractivity contribution >= 4 is 11.6 Å². The van der Waals surface area contributed by atoms with Crippen LogP contribution < -0.4 is 15.1 Å². The van der Waals surface area contributed by atoms with Crippen molar-refractivity contribution in [2.24, 2.45) is 11.3 Å². The Morgan fingerprint density at radius 2 is 1.90 bits per heavy atom. The molecule has 0 bridgehead atoms. The fourth-order valence-electron chi connectivity index (χ4n) is 5.58. The molecule has 168 valence electrons. The van der Waals surface area contributed by atoms with Gasteiger partial charge in [0.1, 0.15) is 11.6 Å². The summed E-state index contributed by atoms with van der Waals surface area (Å²) in [6, 6.07) is 1.77. The summed E-state index contributed by atoms with van der Waals surface area (Å²) in [6.07, 6.45) is 5.96. The van der Waals surface area contributed by atoms with Crippen LogP contribution in [0.25, 0.3) is 0 Å². The van der Waals surface area contributed by atoms with Gasteiger partial charge in [-0.2, -0.15) is 13.2 Å². The number of piperidine rings is 2. The quantitative estimate of drug-likeness (QED) is 0.771. The molecule has 1 spiro atoms. The predicted molar refractivity (Wildman–Crippen MR) is 113 cm³/mol. The summed E-state index contributed by atoms with van der Waals surface area (Å²) in [5.41, 5.74) is 0.250. The summed E-state index contributed by atoms with van der Waals surface area (Å²) in [5, 5.41) is 3.38. The molecule has 8 heteroatoms. The number of rotatable bonds is 4. The minimum atomic E-state index is -4.55. The highest BCUT2D eigenvalue weighted by Crippen LogP contribution is 2.44. The Labute approximate surface area is 177 Å². The van der Waals surface area contributed by atoms with E-state index in [2.05, 4.69) is 20.2 Å². The second kappa shape index (κ2) is 8.89. The second-order valence-corrected chi connectivity index (χ2v) is 9.58. The van der Waals surface area contributed by atoms with Crippen molar-refractivity contribution in [1.29, 1.82) is 0 Å². The molecule has 0 radical (unpaired) electrons. The maximum atomic E-state index is 13.6. The van der Waals surface area contributed by atoms with Gasteiger partial charge in [-0.3, -0.25) is 0 Å². The van der Waals surface area contributed by atoms with Gasteiger partial charge in [0.15, 0.2) is 0 Å².